The van der Waals surface area contributed by atoms with Crippen molar-refractivity contribution in [3.63, 3.8) is 0 Å². The fourth-order valence-corrected chi connectivity index (χ4v) is 3.79. The van der Waals surface area contributed by atoms with Crippen molar-refractivity contribution in [2.75, 3.05) is 13.1 Å². The van der Waals surface area contributed by atoms with Crippen LogP contribution >= 0.6 is 27.3 Å². The predicted octanol–water partition coefficient (Wildman–Crippen LogP) is 4.98. The van der Waals surface area contributed by atoms with Gasteiger partial charge in [0.15, 0.2) is 0 Å². The normalized spacial score (nSPS) is 12.6. The molecule has 0 aliphatic carbocycles. The van der Waals surface area contributed by atoms with Gasteiger partial charge >= 0.3 is 0 Å². The lowest BCUT2D eigenvalue weighted by atomic mass is 9.94. The Bertz CT molecular complexity index is 541. The van der Waals surface area contributed by atoms with E-state index in [0.717, 1.165) is 36.0 Å². The Morgan fingerprint density at radius 1 is 1.35 bits per heavy atom. The molecule has 2 rings (SSSR count). The number of hydrogen-bond donors (Lipinski definition) is 1. The van der Waals surface area contributed by atoms with E-state index in [0.29, 0.717) is 0 Å². The molecule has 4 heteroatoms. The highest BCUT2D eigenvalue weighted by atomic mass is 79.9. The molecule has 1 heterocycles. The lowest BCUT2D eigenvalue weighted by Crippen LogP contribution is -2.24. The Hall–Kier alpha value is -0.710. The average Bonchev–Trinajstić information content (AvgIpc) is 2.84. The van der Waals surface area contributed by atoms with Crippen molar-refractivity contribution in [2.45, 2.75) is 25.7 Å². The van der Waals surface area contributed by atoms with Gasteiger partial charge in [0, 0.05) is 27.2 Å². The van der Waals surface area contributed by atoms with E-state index in [1.165, 1.54) is 4.88 Å². The van der Waals surface area contributed by atoms with Gasteiger partial charge in [-0.2, -0.15) is 0 Å². The van der Waals surface area contributed by atoms with Crippen LogP contribution in [0.4, 0.5) is 4.39 Å². The fourth-order valence-electron chi connectivity index (χ4n) is 2.26. The van der Waals surface area contributed by atoms with Crippen molar-refractivity contribution in [2.24, 2.45) is 0 Å². The largest absolute Gasteiger partial charge is 0.316 e. The summed E-state index contributed by atoms with van der Waals surface area (Å²) in [5.74, 6) is 0.0692. The van der Waals surface area contributed by atoms with Crippen LogP contribution in [0.25, 0.3) is 0 Å². The lowest BCUT2D eigenvalue weighted by molar-refractivity contribution is 0.538. The summed E-state index contributed by atoms with van der Waals surface area (Å²) in [6, 6.07) is 9.23. The third kappa shape index (κ3) is 4.40. The van der Waals surface area contributed by atoms with Gasteiger partial charge in [-0.05, 0) is 53.0 Å². The number of rotatable bonds is 7. The van der Waals surface area contributed by atoms with Gasteiger partial charge < -0.3 is 5.32 Å². The molecule has 0 saturated heterocycles. The van der Waals surface area contributed by atoms with Crippen molar-refractivity contribution < 1.29 is 4.39 Å². The van der Waals surface area contributed by atoms with E-state index in [9.17, 15) is 4.39 Å². The van der Waals surface area contributed by atoms with Crippen molar-refractivity contribution in [1.82, 2.24) is 5.32 Å². The van der Waals surface area contributed by atoms with Crippen molar-refractivity contribution >= 4 is 27.3 Å². The van der Waals surface area contributed by atoms with E-state index < -0.39 is 0 Å². The summed E-state index contributed by atoms with van der Waals surface area (Å²) in [5.41, 5.74) is 0.806. The number of thiophene rings is 1. The van der Waals surface area contributed by atoms with Gasteiger partial charge in [-0.1, -0.05) is 25.1 Å². The Morgan fingerprint density at radius 3 is 2.80 bits per heavy atom. The summed E-state index contributed by atoms with van der Waals surface area (Å²) in [6.07, 6.45) is 1.96. The smallest absolute Gasteiger partial charge is 0.126 e. The highest BCUT2D eigenvalue weighted by molar-refractivity contribution is 9.10. The van der Waals surface area contributed by atoms with Gasteiger partial charge in [0.2, 0.25) is 0 Å². The minimum absolute atomic E-state index is 0.105. The van der Waals surface area contributed by atoms with Gasteiger partial charge in [0.25, 0.3) is 0 Å². The van der Waals surface area contributed by atoms with Gasteiger partial charge in [0.05, 0.1) is 0 Å². The van der Waals surface area contributed by atoms with Crippen molar-refractivity contribution in [3.05, 3.63) is 56.4 Å². The lowest BCUT2D eigenvalue weighted by Gasteiger charge is -2.18. The summed E-state index contributed by atoms with van der Waals surface area (Å²) in [6.45, 7) is 3.92. The minimum atomic E-state index is -0.105. The monoisotopic (exact) mass is 355 g/mol. The molecule has 0 saturated carbocycles. The first-order valence-corrected chi connectivity index (χ1v) is 8.56. The van der Waals surface area contributed by atoms with Crippen LogP contribution < -0.4 is 5.32 Å². The second kappa shape index (κ2) is 7.91. The van der Waals surface area contributed by atoms with E-state index in [-0.39, 0.29) is 11.7 Å². The van der Waals surface area contributed by atoms with Crippen LogP contribution in [0.2, 0.25) is 0 Å². The predicted molar refractivity (Wildman–Crippen MR) is 88.0 cm³/mol. The van der Waals surface area contributed by atoms with Crippen molar-refractivity contribution in [1.29, 1.82) is 0 Å². The minimum Gasteiger partial charge on any atom is -0.316 e. The topological polar surface area (TPSA) is 12.0 Å². The highest BCUT2D eigenvalue weighted by Gasteiger charge is 2.16. The average molecular weight is 356 g/mol. The van der Waals surface area contributed by atoms with E-state index in [4.69, 9.17) is 0 Å². The molecule has 1 unspecified atom stereocenters. The van der Waals surface area contributed by atoms with Gasteiger partial charge in [-0.3, -0.25) is 0 Å². The van der Waals surface area contributed by atoms with Crippen molar-refractivity contribution in [3.8, 4) is 0 Å². The van der Waals surface area contributed by atoms with E-state index in [1.807, 2.05) is 12.1 Å². The molecule has 0 bridgehead atoms. The summed E-state index contributed by atoms with van der Waals surface area (Å²) < 4.78 is 15.1. The molecular formula is C16H19BrFNS. The molecule has 20 heavy (non-hydrogen) atoms. The Labute approximate surface area is 132 Å². The molecule has 2 aromatic rings. The molecule has 0 aliphatic heterocycles. The number of nitrogens with one attached hydrogen (secondary N) is 1. The molecule has 1 atom stereocenters. The van der Waals surface area contributed by atoms with Crippen LogP contribution in [-0.4, -0.2) is 13.1 Å². The molecule has 108 valence electrons. The molecule has 1 N–H and O–H groups in total. The fraction of sp³-hybridized carbons (Fsp3) is 0.375. The molecule has 0 aliphatic rings. The van der Waals surface area contributed by atoms with Gasteiger partial charge in [-0.15, -0.1) is 11.3 Å². The van der Waals surface area contributed by atoms with E-state index in [1.54, 1.807) is 23.5 Å². The maximum atomic E-state index is 14.0. The number of benzene rings is 1. The third-order valence-corrected chi connectivity index (χ3v) is 4.95. The van der Waals surface area contributed by atoms with Crippen LogP contribution in [0.3, 0.4) is 0 Å². The van der Waals surface area contributed by atoms with Gasteiger partial charge in [0.1, 0.15) is 5.82 Å². The standard InChI is InChI=1S/C16H19BrFNS/c1-2-7-19-10-12(8-14-9-13(17)11-20-14)15-5-3-4-6-16(15)18/h3-6,9,11-12,19H,2,7-8,10H2,1H3. The zero-order chi connectivity index (χ0) is 14.4. The maximum Gasteiger partial charge on any atom is 0.126 e. The molecule has 0 radical (unpaired) electrons. The Balaban J connectivity index is 2.13. The van der Waals surface area contributed by atoms with Crippen LogP contribution in [0.5, 0.6) is 0 Å². The number of halogens is 2. The quantitative estimate of drug-likeness (QED) is 0.691. The zero-order valence-electron chi connectivity index (χ0n) is 11.5. The van der Waals surface area contributed by atoms with E-state index in [2.05, 4.69) is 39.6 Å². The SMILES string of the molecule is CCCNCC(Cc1cc(Br)cs1)c1ccccc1F. The molecule has 0 amide bonds. The second-order valence-electron chi connectivity index (χ2n) is 4.86. The highest BCUT2D eigenvalue weighted by Crippen LogP contribution is 2.28. The summed E-state index contributed by atoms with van der Waals surface area (Å²) >= 11 is 5.20. The zero-order valence-corrected chi connectivity index (χ0v) is 13.9. The second-order valence-corrected chi connectivity index (χ2v) is 6.77. The molecule has 1 aromatic heterocycles. The first kappa shape index (κ1) is 15.7. The van der Waals surface area contributed by atoms with E-state index >= 15 is 0 Å². The first-order chi connectivity index (χ1) is 9.70. The Morgan fingerprint density at radius 2 is 2.15 bits per heavy atom. The third-order valence-electron chi connectivity index (χ3n) is 3.23. The molecule has 0 fully saturated rings. The molecule has 0 spiro atoms. The number of hydrogen-bond acceptors (Lipinski definition) is 2. The van der Waals surface area contributed by atoms with Crippen LogP contribution in [-0.2, 0) is 6.42 Å². The molecule has 1 nitrogen and oxygen atoms in total. The summed E-state index contributed by atoms with van der Waals surface area (Å²) in [7, 11) is 0. The first-order valence-electron chi connectivity index (χ1n) is 6.88. The van der Waals surface area contributed by atoms with Crippen LogP contribution in [0.1, 0.15) is 29.7 Å². The maximum absolute atomic E-state index is 14.0. The molecular weight excluding hydrogens is 337 g/mol. The van der Waals surface area contributed by atoms with Crippen LogP contribution in [0, 0.1) is 5.82 Å². The summed E-state index contributed by atoms with van der Waals surface area (Å²) in [5, 5.41) is 5.49. The van der Waals surface area contributed by atoms with Crippen LogP contribution in [0.15, 0.2) is 40.2 Å². The Kier molecular flexibility index (Phi) is 6.20. The molecule has 1 aromatic carbocycles. The van der Waals surface area contributed by atoms with Gasteiger partial charge in [-0.25, -0.2) is 4.39 Å². The summed E-state index contributed by atoms with van der Waals surface area (Å²) in [4.78, 5) is 1.28.